The number of esters is 1. The average Bonchev–Trinajstić information content (AvgIpc) is 3.76. The van der Waals surface area contributed by atoms with E-state index in [4.69, 9.17) is 4.74 Å². The molecule has 2 fully saturated rings. The van der Waals surface area contributed by atoms with Crippen molar-refractivity contribution in [3.05, 3.63) is 65.2 Å². The molecule has 43 heavy (non-hydrogen) atoms. The second-order valence-electron chi connectivity index (χ2n) is 11.8. The van der Waals surface area contributed by atoms with Gasteiger partial charge in [0.25, 0.3) is 0 Å². The summed E-state index contributed by atoms with van der Waals surface area (Å²) in [5, 5.41) is 0. The topological polar surface area (TPSA) is 26.3 Å². The lowest BCUT2D eigenvalue weighted by Gasteiger charge is -2.09. The summed E-state index contributed by atoms with van der Waals surface area (Å²) >= 11 is 8.32. The first kappa shape index (κ1) is 36.8. The molecule has 0 unspecified atom stereocenters. The Morgan fingerprint density at radius 1 is 0.628 bits per heavy atom. The fourth-order valence-electron chi connectivity index (χ4n) is 5.36. The van der Waals surface area contributed by atoms with Crippen LogP contribution >= 0.6 is 47.0 Å². The third kappa shape index (κ3) is 16.4. The summed E-state index contributed by atoms with van der Waals surface area (Å²) in [5.41, 5.74) is 2.99. The highest BCUT2D eigenvalue weighted by molar-refractivity contribution is 8.20. The Bertz CT molecular complexity index is 967. The molecule has 0 aliphatic carbocycles. The Kier molecular flexibility index (Phi) is 20.2. The zero-order chi connectivity index (χ0) is 30.4. The van der Waals surface area contributed by atoms with Crippen LogP contribution in [-0.4, -0.2) is 33.6 Å². The summed E-state index contributed by atoms with van der Waals surface area (Å²) < 4.78 is 6.87. The van der Waals surface area contributed by atoms with E-state index in [9.17, 15) is 4.79 Å². The molecule has 6 heteroatoms. The van der Waals surface area contributed by atoms with Crippen LogP contribution < -0.4 is 4.74 Å². The predicted octanol–water partition coefficient (Wildman–Crippen LogP) is 12.7. The summed E-state index contributed by atoms with van der Waals surface area (Å²) in [7, 11) is 0. The molecule has 240 valence electrons. The summed E-state index contributed by atoms with van der Waals surface area (Å²) in [5.74, 6) is 5.49. The van der Waals surface area contributed by atoms with Crippen LogP contribution in [0.4, 0.5) is 0 Å². The molecule has 0 atom stereocenters. The van der Waals surface area contributed by atoms with Crippen molar-refractivity contribution in [1.29, 1.82) is 0 Å². The van der Waals surface area contributed by atoms with Crippen molar-refractivity contribution in [3.8, 4) is 5.75 Å². The first-order chi connectivity index (χ1) is 21.2. The van der Waals surface area contributed by atoms with Gasteiger partial charge in [0.1, 0.15) is 5.75 Å². The number of carbonyl (C=O) groups excluding carboxylic acids is 1. The number of hydrogen-bond donors (Lipinski definition) is 0. The lowest BCUT2D eigenvalue weighted by atomic mass is 10.0. The maximum Gasteiger partial charge on any atom is 0.343 e. The summed E-state index contributed by atoms with van der Waals surface area (Å²) in [4.78, 5) is 12.0. The van der Waals surface area contributed by atoms with Crippen molar-refractivity contribution in [1.82, 2.24) is 0 Å². The van der Waals surface area contributed by atoms with E-state index < -0.39 is 0 Å². The normalized spacial score (nSPS) is 15.4. The van der Waals surface area contributed by atoms with Crippen molar-refractivity contribution in [3.63, 3.8) is 0 Å². The van der Waals surface area contributed by atoms with Crippen LogP contribution in [0, 0.1) is 6.92 Å². The van der Waals surface area contributed by atoms with Crippen LogP contribution in [0.2, 0.25) is 0 Å². The highest BCUT2D eigenvalue weighted by atomic mass is 32.2. The van der Waals surface area contributed by atoms with Gasteiger partial charge in [-0.2, -0.15) is 0 Å². The van der Waals surface area contributed by atoms with Gasteiger partial charge in [-0.15, -0.1) is 47.0 Å². The molecular formula is C37H56O2S4. The van der Waals surface area contributed by atoms with Gasteiger partial charge in [-0.3, -0.25) is 0 Å². The SMILES string of the molecule is CCCCCCCCCCCCCCCCCC1SCCS1.Cc1ccc(C(=O)Oc2ccc(C3SCCS3)cc2)cc1. The number of unbranched alkanes of at least 4 members (excludes halogenated alkanes) is 14. The molecule has 0 bridgehead atoms. The number of hydrogen-bond acceptors (Lipinski definition) is 6. The zero-order valence-corrected chi connectivity index (χ0v) is 30.1. The molecule has 2 aliphatic rings. The number of ether oxygens (including phenoxy) is 1. The third-order valence-electron chi connectivity index (χ3n) is 8.01. The van der Waals surface area contributed by atoms with Gasteiger partial charge < -0.3 is 4.74 Å². The smallest absolute Gasteiger partial charge is 0.343 e. The van der Waals surface area contributed by atoms with Gasteiger partial charge in [-0.1, -0.05) is 133 Å². The van der Waals surface area contributed by atoms with Crippen molar-refractivity contribution >= 4 is 53.0 Å². The minimum atomic E-state index is -0.313. The Morgan fingerprint density at radius 3 is 1.60 bits per heavy atom. The Morgan fingerprint density at radius 2 is 1.09 bits per heavy atom. The maximum atomic E-state index is 12.0. The molecule has 0 spiro atoms. The van der Waals surface area contributed by atoms with Crippen LogP contribution in [0.5, 0.6) is 5.75 Å². The quantitative estimate of drug-likeness (QED) is 0.0845. The number of thioether (sulfide) groups is 4. The van der Waals surface area contributed by atoms with E-state index in [-0.39, 0.29) is 5.97 Å². The van der Waals surface area contributed by atoms with Gasteiger partial charge in [0.05, 0.1) is 14.7 Å². The fourth-order valence-corrected chi connectivity index (χ4v) is 11.1. The van der Waals surface area contributed by atoms with Crippen molar-refractivity contribution in [2.45, 2.75) is 126 Å². The lowest BCUT2D eigenvalue weighted by molar-refractivity contribution is 0.0734. The van der Waals surface area contributed by atoms with E-state index in [1.54, 1.807) is 12.1 Å². The molecule has 2 aromatic carbocycles. The molecule has 0 amide bonds. The molecule has 4 rings (SSSR count). The molecule has 2 aliphatic heterocycles. The Balaban J connectivity index is 0.000000235. The van der Waals surface area contributed by atoms with Crippen LogP contribution in [0.3, 0.4) is 0 Å². The largest absolute Gasteiger partial charge is 0.423 e. The van der Waals surface area contributed by atoms with E-state index in [1.807, 2.05) is 66.8 Å². The molecule has 0 radical (unpaired) electrons. The third-order valence-corrected chi connectivity index (χ3v) is 14.3. The monoisotopic (exact) mass is 660 g/mol. The minimum absolute atomic E-state index is 0.313. The van der Waals surface area contributed by atoms with Gasteiger partial charge >= 0.3 is 5.97 Å². The number of benzene rings is 2. The highest BCUT2D eigenvalue weighted by Crippen LogP contribution is 2.45. The first-order valence-corrected chi connectivity index (χ1v) is 21.2. The first-order valence-electron chi connectivity index (χ1n) is 17.0. The van der Waals surface area contributed by atoms with Crippen LogP contribution in [0.25, 0.3) is 0 Å². The highest BCUT2D eigenvalue weighted by Gasteiger charge is 2.18. The summed E-state index contributed by atoms with van der Waals surface area (Å²) in [6.45, 7) is 4.29. The van der Waals surface area contributed by atoms with Gasteiger partial charge in [-0.25, -0.2) is 4.79 Å². The fraction of sp³-hybridized carbons (Fsp3) is 0.649. The molecule has 0 N–H and O–H groups in total. The van der Waals surface area contributed by atoms with E-state index in [0.717, 1.165) is 10.1 Å². The van der Waals surface area contributed by atoms with E-state index in [0.29, 0.717) is 15.9 Å². The van der Waals surface area contributed by atoms with Gasteiger partial charge in [0.15, 0.2) is 0 Å². The van der Waals surface area contributed by atoms with Gasteiger partial charge in [0, 0.05) is 23.0 Å². The Labute approximate surface area is 280 Å². The second kappa shape index (κ2) is 23.6. The predicted molar refractivity (Wildman–Crippen MR) is 198 cm³/mol. The molecular weight excluding hydrogens is 605 g/mol. The minimum Gasteiger partial charge on any atom is -0.423 e. The zero-order valence-electron chi connectivity index (χ0n) is 26.9. The second-order valence-corrected chi connectivity index (χ2v) is 17.5. The molecule has 2 nitrogen and oxygen atoms in total. The van der Waals surface area contributed by atoms with Gasteiger partial charge in [0.2, 0.25) is 0 Å². The van der Waals surface area contributed by atoms with Crippen LogP contribution in [-0.2, 0) is 0 Å². The van der Waals surface area contributed by atoms with Crippen molar-refractivity contribution < 1.29 is 9.53 Å². The summed E-state index contributed by atoms with van der Waals surface area (Å²) in [6, 6.07) is 15.3. The molecule has 0 saturated carbocycles. The van der Waals surface area contributed by atoms with Crippen molar-refractivity contribution in [2.75, 3.05) is 23.0 Å². The van der Waals surface area contributed by atoms with E-state index >= 15 is 0 Å². The van der Waals surface area contributed by atoms with Crippen LogP contribution in [0.1, 0.15) is 136 Å². The van der Waals surface area contributed by atoms with E-state index in [2.05, 4.69) is 30.4 Å². The van der Waals surface area contributed by atoms with E-state index in [1.165, 1.54) is 131 Å². The Hall–Kier alpha value is -0.690. The molecule has 2 saturated heterocycles. The average molecular weight is 661 g/mol. The number of carbonyl (C=O) groups is 1. The van der Waals surface area contributed by atoms with Crippen LogP contribution in [0.15, 0.2) is 48.5 Å². The van der Waals surface area contributed by atoms with Crippen molar-refractivity contribution in [2.24, 2.45) is 0 Å². The number of rotatable bonds is 19. The number of aryl methyl sites for hydroxylation is 1. The lowest BCUT2D eigenvalue weighted by Crippen LogP contribution is -2.08. The maximum absolute atomic E-state index is 12.0. The summed E-state index contributed by atoms with van der Waals surface area (Å²) in [6.07, 6.45) is 23.6. The molecule has 0 aromatic heterocycles. The molecule has 2 aromatic rings. The molecule has 2 heterocycles. The standard InChI is InChI=1S/C20H40S2.C17H16O2S2/c1-2-3-4-5-6-7-8-9-10-11-12-13-14-15-16-17-20-21-18-19-22-20;1-12-2-4-13(5-3-12)16(18)19-15-8-6-14(7-9-15)17-20-10-11-21-17/h20H,2-19H2,1H3;2-9,17H,10-11H2,1H3. The van der Waals surface area contributed by atoms with Gasteiger partial charge in [-0.05, 0) is 43.2 Å².